The van der Waals surface area contributed by atoms with Gasteiger partial charge in [0.2, 0.25) is 5.91 Å². The number of hydrogen-bond donors (Lipinski definition) is 2. The van der Waals surface area contributed by atoms with Crippen LogP contribution in [0.25, 0.3) is 0 Å². The Morgan fingerprint density at radius 1 is 1.67 bits per heavy atom. The molecule has 0 saturated heterocycles. The largest absolute Gasteiger partial charge is 0.368 e. The Morgan fingerprint density at radius 3 is 2.93 bits per heavy atom. The van der Waals surface area contributed by atoms with Crippen molar-refractivity contribution < 1.29 is 4.79 Å². The quantitative estimate of drug-likeness (QED) is 0.753. The number of carbonyl (C=O) groups is 1. The van der Waals surface area contributed by atoms with Crippen molar-refractivity contribution in [1.29, 1.82) is 0 Å². The average Bonchev–Trinajstić information content (AvgIpc) is 2.26. The molecule has 1 aliphatic carbocycles. The monoisotopic (exact) mass is 230 g/mol. The smallest absolute Gasteiger partial charge is 0.237 e. The molecule has 4 heteroatoms. The highest BCUT2D eigenvalue weighted by Crippen LogP contribution is 2.34. The highest BCUT2D eigenvalue weighted by Gasteiger charge is 2.39. The molecular formula is C11H22N2OS. The van der Waals surface area contributed by atoms with Crippen molar-refractivity contribution in [2.24, 2.45) is 5.73 Å². The van der Waals surface area contributed by atoms with Gasteiger partial charge in [-0.3, -0.25) is 4.79 Å². The third-order valence-electron chi connectivity index (χ3n) is 3.21. The van der Waals surface area contributed by atoms with E-state index in [0.29, 0.717) is 5.25 Å². The zero-order valence-electron chi connectivity index (χ0n) is 9.71. The van der Waals surface area contributed by atoms with Gasteiger partial charge in [0.1, 0.15) is 0 Å². The minimum atomic E-state index is -0.441. The van der Waals surface area contributed by atoms with Crippen LogP contribution in [0.15, 0.2) is 0 Å². The van der Waals surface area contributed by atoms with Crippen LogP contribution in [0.3, 0.4) is 0 Å². The predicted octanol–water partition coefficient (Wildman–Crippen LogP) is 1.52. The standard InChI is InChI=1S/C11H22N2OS/c1-3-7-15-9-5-4-6-11(8-9,13-2)10(12)14/h9,13H,3-8H2,1-2H3,(H2,12,14). The number of likely N-dealkylation sites (N-methyl/N-ethyl adjacent to an activating group) is 1. The molecule has 1 aliphatic rings. The molecule has 3 N–H and O–H groups in total. The molecule has 0 aromatic carbocycles. The van der Waals surface area contributed by atoms with Crippen LogP contribution in [-0.2, 0) is 4.79 Å². The van der Waals surface area contributed by atoms with E-state index in [1.807, 2.05) is 18.8 Å². The van der Waals surface area contributed by atoms with E-state index in [1.54, 1.807) is 0 Å². The number of amides is 1. The first-order chi connectivity index (χ1) is 7.14. The van der Waals surface area contributed by atoms with Gasteiger partial charge < -0.3 is 11.1 Å². The van der Waals surface area contributed by atoms with Gasteiger partial charge in [-0.25, -0.2) is 0 Å². The summed E-state index contributed by atoms with van der Waals surface area (Å²) >= 11 is 1.98. The zero-order chi connectivity index (χ0) is 11.3. The highest BCUT2D eigenvalue weighted by molar-refractivity contribution is 7.99. The molecule has 0 bridgehead atoms. The maximum absolute atomic E-state index is 11.5. The van der Waals surface area contributed by atoms with E-state index in [2.05, 4.69) is 12.2 Å². The third kappa shape index (κ3) is 3.11. The fourth-order valence-corrected chi connectivity index (χ4v) is 3.53. The van der Waals surface area contributed by atoms with Crippen LogP contribution in [0.2, 0.25) is 0 Å². The molecule has 0 radical (unpaired) electrons. The SMILES string of the molecule is CCCSC1CCCC(NC)(C(N)=O)C1. The lowest BCUT2D eigenvalue weighted by Crippen LogP contribution is -2.57. The fraction of sp³-hybridized carbons (Fsp3) is 0.909. The van der Waals surface area contributed by atoms with Crippen LogP contribution in [0.1, 0.15) is 39.0 Å². The minimum Gasteiger partial charge on any atom is -0.368 e. The van der Waals surface area contributed by atoms with Crippen LogP contribution in [0.5, 0.6) is 0 Å². The van der Waals surface area contributed by atoms with Gasteiger partial charge >= 0.3 is 0 Å². The van der Waals surface area contributed by atoms with Crippen molar-refractivity contribution >= 4 is 17.7 Å². The lowest BCUT2D eigenvalue weighted by atomic mass is 9.81. The van der Waals surface area contributed by atoms with Gasteiger partial charge in [0.05, 0.1) is 5.54 Å². The van der Waals surface area contributed by atoms with Crippen LogP contribution in [-0.4, -0.2) is 29.5 Å². The molecule has 15 heavy (non-hydrogen) atoms. The summed E-state index contributed by atoms with van der Waals surface area (Å²) in [6, 6.07) is 0. The molecule has 0 aliphatic heterocycles. The normalized spacial score (nSPS) is 31.5. The second-order valence-electron chi connectivity index (χ2n) is 4.29. The summed E-state index contributed by atoms with van der Waals surface area (Å²) < 4.78 is 0. The molecule has 0 aromatic rings. The lowest BCUT2D eigenvalue weighted by molar-refractivity contribution is -0.125. The average molecular weight is 230 g/mol. The molecule has 3 nitrogen and oxygen atoms in total. The molecule has 1 fully saturated rings. The van der Waals surface area contributed by atoms with Crippen molar-refractivity contribution in [2.75, 3.05) is 12.8 Å². The van der Waals surface area contributed by atoms with Crippen molar-refractivity contribution in [1.82, 2.24) is 5.32 Å². The van der Waals surface area contributed by atoms with Crippen LogP contribution < -0.4 is 11.1 Å². The second kappa shape index (κ2) is 5.75. The first-order valence-electron chi connectivity index (χ1n) is 5.75. The molecule has 0 aromatic heterocycles. The Balaban J connectivity index is 2.56. The number of hydrogen-bond acceptors (Lipinski definition) is 3. The summed E-state index contributed by atoms with van der Waals surface area (Å²) in [5, 5.41) is 3.73. The van der Waals surface area contributed by atoms with E-state index < -0.39 is 5.54 Å². The van der Waals surface area contributed by atoms with E-state index >= 15 is 0 Å². The summed E-state index contributed by atoms with van der Waals surface area (Å²) in [5.74, 6) is 0.996. The third-order valence-corrected chi connectivity index (χ3v) is 4.73. The van der Waals surface area contributed by atoms with Gasteiger partial charge in [0.15, 0.2) is 0 Å². The number of nitrogens with two attached hydrogens (primary N) is 1. The Hall–Kier alpha value is -0.220. The van der Waals surface area contributed by atoms with Gasteiger partial charge in [-0.1, -0.05) is 6.92 Å². The summed E-state index contributed by atoms with van der Waals surface area (Å²) in [5.41, 5.74) is 5.05. The molecule has 2 atom stereocenters. The summed E-state index contributed by atoms with van der Waals surface area (Å²) in [7, 11) is 1.84. The van der Waals surface area contributed by atoms with Gasteiger partial charge in [-0.2, -0.15) is 11.8 Å². The molecule has 1 saturated carbocycles. The second-order valence-corrected chi connectivity index (χ2v) is 5.69. The fourth-order valence-electron chi connectivity index (χ4n) is 2.23. The molecule has 1 rings (SSSR count). The molecular weight excluding hydrogens is 208 g/mol. The van der Waals surface area contributed by atoms with Gasteiger partial charge in [0, 0.05) is 5.25 Å². The predicted molar refractivity (Wildman–Crippen MR) is 66.0 cm³/mol. The van der Waals surface area contributed by atoms with E-state index in [1.165, 1.54) is 18.6 Å². The van der Waals surface area contributed by atoms with Gasteiger partial charge in [-0.15, -0.1) is 0 Å². The van der Waals surface area contributed by atoms with E-state index in [0.717, 1.165) is 19.3 Å². The van der Waals surface area contributed by atoms with Crippen LogP contribution >= 0.6 is 11.8 Å². The number of primary amides is 1. The first-order valence-corrected chi connectivity index (χ1v) is 6.80. The Bertz CT molecular complexity index is 223. The summed E-state index contributed by atoms with van der Waals surface area (Å²) in [4.78, 5) is 11.5. The number of nitrogens with one attached hydrogen (secondary N) is 1. The van der Waals surface area contributed by atoms with Crippen molar-refractivity contribution in [3.05, 3.63) is 0 Å². The topological polar surface area (TPSA) is 55.1 Å². The zero-order valence-corrected chi connectivity index (χ0v) is 10.5. The number of thioether (sulfide) groups is 1. The van der Waals surface area contributed by atoms with Gasteiger partial charge in [0.25, 0.3) is 0 Å². The van der Waals surface area contributed by atoms with Crippen LogP contribution in [0, 0.1) is 0 Å². The molecule has 1 amide bonds. The molecule has 0 heterocycles. The summed E-state index contributed by atoms with van der Waals surface area (Å²) in [6.07, 6.45) is 5.31. The molecule has 88 valence electrons. The number of carbonyl (C=O) groups excluding carboxylic acids is 1. The maximum atomic E-state index is 11.5. The van der Waals surface area contributed by atoms with Crippen molar-refractivity contribution in [3.8, 4) is 0 Å². The Morgan fingerprint density at radius 2 is 2.40 bits per heavy atom. The van der Waals surface area contributed by atoms with Crippen molar-refractivity contribution in [3.63, 3.8) is 0 Å². The Labute approximate surface area is 96.6 Å². The highest BCUT2D eigenvalue weighted by atomic mass is 32.2. The molecule has 2 unspecified atom stereocenters. The van der Waals surface area contributed by atoms with Gasteiger partial charge in [-0.05, 0) is 44.9 Å². The molecule has 0 spiro atoms. The number of rotatable bonds is 5. The minimum absolute atomic E-state index is 0.188. The maximum Gasteiger partial charge on any atom is 0.237 e. The van der Waals surface area contributed by atoms with E-state index in [4.69, 9.17) is 5.73 Å². The lowest BCUT2D eigenvalue weighted by Gasteiger charge is -2.38. The van der Waals surface area contributed by atoms with Crippen LogP contribution in [0.4, 0.5) is 0 Å². The van der Waals surface area contributed by atoms with E-state index in [9.17, 15) is 4.79 Å². The van der Waals surface area contributed by atoms with E-state index in [-0.39, 0.29) is 5.91 Å². The Kier molecular flexibility index (Phi) is 4.93. The summed E-state index contributed by atoms with van der Waals surface area (Å²) in [6.45, 7) is 2.19. The first kappa shape index (κ1) is 12.8. The van der Waals surface area contributed by atoms with Crippen molar-refractivity contribution in [2.45, 2.75) is 49.8 Å².